The maximum Gasteiger partial charge on any atom is 0.200 e. The molecular formula is C52H33NO2S. The monoisotopic (exact) mass is 735 g/mol. The van der Waals surface area contributed by atoms with Crippen LogP contribution in [0.25, 0.3) is 114 Å². The lowest BCUT2D eigenvalue weighted by Crippen LogP contribution is -2.01. The van der Waals surface area contributed by atoms with Crippen LogP contribution in [0.4, 0.5) is 0 Å². The molecular weight excluding hydrogens is 703 g/mol. The fourth-order valence-corrected chi connectivity index (χ4v) is 10.1. The van der Waals surface area contributed by atoms with Crippen LogP contribution in [0.5, 0.6) is 0 Å². The number of benzene rings is 8. The Morgan fingerprint density at radius 3 is 1.73 bits per heavy atom. The number of nitrogens with zero attached hydrogens (tertiary/aromatic N) is 1. The predicted octanol–water partition coefficient (Wildman–Crippen LogP) is 14.6. The van der Waals surface area contributed by atoms with Crippen LogP contribution in [-0.2, 0) is 0 Å². The summed E-state index contributed by atoms with van der Waals surface area (Å²) in [5.74, 6) is 0.371. The van der Waals surface area contributed by atoms with Crippen molar-refractivity contribution in [2.24, 2.45) is 0 Å². The summed E-state index contributed by atoms with van der Waals surface area (Å²) in [7, 11) is 0. The van der Waals surface area contributed by atoms with E-state index in [-0.39, 0.29) is 5.43 Å². The zero-order chi connectivity index (χ0) is 37.2. The standard InChI is InChI=1S/C52H33NO2S/c1-29(2)34-22-35(24-36(23-34)33-14-18-38-40-11-7-10-39-37-8-3-5-12-45(37)53(51(39)40)46(38)28-33)32-17-21-50-43(26-32)42-25-31(16-20-49(42)56-50)30-15-19-48-44(27-30)52(54)41-9-4-6-13-47(41)55-48/h3-29H,1-2H3. The second-order valence-electron chi connectivity index (χ2n) is 15.4. The zero-order valence-corrected chi connectivity index (χ0v) is 31.6. The molecule has 0 atom stereocenters. The maximum absolute atomic E-state index is 13.5. The molecule has 56 heavy (non-hydrogen) atoms. The van der Waals surface area contributed by atoms with Crippen LogP contribution in [0.15, 0.2) is 167 Å². The SMILES string of the molecule is CC(C)c1cc(-c2ccc3sc4ccc(-c5ccc6oc7ccccc7c(=O)c6c5)cc4c3c2)cc(-c2ccc3c4cccc5c6ccccc6n(c3c2)c54)c1. The average molecular weight is 736 g/mol. The van der Waals surface area contributed by atoms with Crippen LogP contribution in [0, 0.1) is 0 Å². The minimum atomic E-state index is -0.00102. The summed E-state index contributed by atoms with van der Waals surface area (Å²) < 4.78 is 11.1. The second kappa shape index (κ2) is 11.6. The van der Waals surface area contributed by atoms with Gasteiger partial charge in [0, 0.05) is 41.7 Å². The molecule has 4 aromatic heterocycles. The molecule has 0 saturated carbocycles. The van der Waals surface area contributed by atoms with Gasteiger partial charge in [-0.05, 0) is 112 Å². The second-order valence-corrected chi connectivity index (χ2v) is 16.5. The summed E-state index contributed by atoms with van der Waals surface area (Å²) in [6.07, 6.45) is 0. The minimum absolute atomic E-state index is 0.00102. The Morgan fingerprint density at radius 1 is 0.446 bits per heavy atom. The molecule has 264 valence electrons. The van der Waals surface area contributed by atoms with E-state index >= 15 is 0 Å². The lowest BCUT2D eigenvalue weighted by molar-refractivity contribution is 0.660. The fourth-order valence-electron chi connectivity index (χ4n) is 9.05. The number of hydrogen-bond acceptors (Lipinski definition) is 3. The molecule has 4 heterocycles. The smallest absolute Gasteiger partial charge is 0.200 e. The van der Waals surface area contributed by atoms with Gasteiger partial charge < -0.3 is 8.82 Å². The lowest BCUT2D eigenvalue weighted by atomic mass is 9.91. The Morgan fingerprint density at radius 2 is 1.00 bits per heavy atom. The third-order valence-electron chi connectivity index (χ3n) is 11.9. The molecule has 0 aliphatic carbocycles. The predicted molar refractivity (Wildman–Crippen MR) is 238 cm³/mol. The largest absolute Gasteiger partial charge is 0.456 e. The van der Waals surface area contributed by atoms with Gasteiger partial charge in [0.15, 0.2) is 0 Å². The topological polar surface area (TPSA) is 34.6 Å². The van der Waals surface area contributed by atoms with Gasteiger partial charge in [-0.15, -0.1) is 11.3 Å². The molecule has 0 fully saturated rings. The Balaban J connectivity index is 0.995. The number of aromatic nitrogens is 1. The minimum Gasteiger partial charge on any atom is -0.456 e. The molecule has 0 aliphatic heterocycles. The van der Waals surface area contributed by atoms with Crippen molar-refractivity contribution in [2.45, 2.75) is 19.8 Å². The van der Waals surface area contributed by atoms with E-state index in [1.54, 1.807) is 0 Å². The molecule has 0 N–H and O–H groups in total. The van der Waals surface area contributed by atoms with Gasteiger partial charge >= 0.3 is 0 Å². The van der Waals surface area contributed by atoms with Gasteiger partial charge in [0.1, 0.15) is 11.2 Å². The first-order valence-electron chi connectivity index (χ1n) is 19.2. The van der Waals surface area contributed by atoms with E-state index in [9.17, 15) is 4.79 Å². The van der Waals surface area contributed by atoms with Crippen molar-refractivity contribution < 1.29 is 4.42 Å². The molecule has 0 unspecified atom stereocenters. The Hall–Kier alpha value is -6.75. The van der Waals surface area contributed by atoms with E-state index in [0.717, 1.165) is 11.1 Å². The normalized spacial score (nSPS) is 12.3. The van der Waals surface area contributed by atoms with Gasteiger partial charge in [0.25, 0.3) is 0 Å². The van der Waals surface area contributed by atoms with Crippen LogP contribution in [0.3, 0.4) is 0 Å². The summed E-state index contributed by atoms with van der Waals surface area (Å²) in [5.41, 5.74) is 13.3. The molecule has 3 nitrogen and oxygen atoms in total. The maximum atomic E-state index is 13.5. The lowest BCUT2D eigenvalue weighted by Gasteiger charge is -2.14. The van der Waals surface area contributed by atoms with Gasteiger partial charge in [-0.2, -0.15) is 0 Å². The number of rotatable bonds is 4. The molecule has 0 radical (unpaired) electrons. The van der Waals surface area contributed by atoms with Crippen molar-refractivity contribution in [1.82, 2.24) is 4.40 Å². The highest BCUT2D eigenvalue weighted by molar-refractivity contribution is 7.25. The highest BCUT2D eigenvalue weighted by Crippen LogP contribution is 2.42. The van der Waals surface area contributed by atoms with Crippen molar-refractivity contribution in [3.63, 3.8) is 0 Å². The van der Waals surface area contributed by atoms with Gasteiger partial charge in [-0.3, -0.25) is 4.79 Å². The molecule has 0 bridgehead atoms. The van der Waals surface area contributed by atoms with Crippen LogP contribution in [-0.4, -0.2) is 4.40 Å². The van der Waals surface area contributed by atoms with E-state index in [4.69, 9.17) is 4.42 Å². The van der Waals surface area contributed by atoms with E-state index in [1.165, 1.54) is 86.1 Å². The van der Waals surface area contributed by atoms with Crippen LogP contribution in [0.2, 0.25) is 0 Å². The summed E-state index contributed by atoms with van der Waals surface area (Å²) in [6, 6.07) is 56.6. The van der Waals surface area contributed by atoms with E-state index in [2.05, 4.69) is 140 Å². The summed E-state index contributed by atoms with van der Waals surface area (Å²) in [4.78, 5) is 13.5. The summed E-state index contributed by atoms with van der Waals surface area (Å²) in [5, 5.41) is 8.86. The van der Waals surface area contributed by atoms with Crippen LogP contribution < -0.4 is 5.43 Å². The third-order valence-corrected chi connectivity index (χ3v) is 13.0. The van der Waals surface area contributed by atoms with Crippen LogP contribution in [0.1, 0.15) is 25.3 Å². The molecule has 0 aliphatic rings. The van der Waals surface area contributed by atoms with E-state index in [1.807, 2.05) is 47.7 Å². The summed E-state index contributed by atoms with van der Waals surface area (Å²) in [6.45, 7) is 4.56. The Bertz CT molecular complexity index is 3660. The number of hydrogen-bond donors (Lipinski definition) is 0. The van der Waals surface area contributed by atoms with E-state index < -0.39 is 0 Å². The molecule has 0 amide bonds. The zero-order valence-electron chi connectivity index (χ0n) is 30.8. The summed E-state index contributed by atoms with van der Waals surface area (Å²) >= 11 is 1.82. The first-order valence-corrected chi connectivity index (χ1v) is 20.0. The molecule has 12 aromatic rings. The quantitative estimate of drug-likeness (QED) is 0.169. The molecule has 0 spiro atoms. The highest BCUT2D eigenvalue weighted by atomic mass is 32.1. The van der Waals surface area contributed by atoms with Gasteiger partial charge in [-0.25, -0.2) is 0 Å². The highest BCUT2D eigenvalue weighted by Gasteiger charge is 2.18. The first kappa shape index (κ1) is 31.6. The first-order chi connectivity index (χ1) is 27.5. The molecule has 0 saturated heterocycles. The van der Waals surface area contributed by atoms with Crippen LogP contribution >= 0.6 is 11.3 Å². The fraction of sp³-hybridized carbons (Fsp3) is 0.0577. The number of para-hydroxylation sites is 3. The van der Waals surface area contributed by atoms with Gasteiger partial charge in [-0.1, -0.05) is 105 Å². The van der Waals surface area contributed by atoms with Crippen molar-refractivity contribution in [3.05, 3.63) is 174 Å². The van der Waals surface area contributed by atoms with Crippen molar-refractivity contribution >= 4 is 91.5 Å². The molecule has 8 aromatic carbocycles. The Labute approximate surface area is 325 Å². The number of thiophene rings is 1. The Kier molecular flexibility index (Phi) is 6.56. The van der Waals surface area contributed by atoms with Crippen molar-refractivity contribution in [2.75, 3.05) is 0 Å². The van der Waals surface area contributed by atoms with Gasteiger partial charge in [0.05, 0.1) is 27.3 Å². The van der Waals surface area contributed by atoms with Crippen molar-refractivity contribution in [3.8, 4) is 33.4 Å². The third kappa shape index (κ3) is 4.54. The molecule has 12 rings (SSSR count). The molecule has 4 heteroatoms. The van der Waals surface area contributed by atoms with E-state index in [0.29, 0.717) is 27.9 Å². The van der Waals surface area contributed by atoms with Gasteiger partial charge in [0.2, 0.25) is 5.43 Å². The number of fused-ring (bicyclic) bond motifs is 11. The average Bonchev–Trinajstić information content (AvgIpc) is 3.90. The van der Waals surface area contributed by atoms with Crippen molar-refractivity contribution in [1.29, 1.82) is 0 Å².